The van der Waals surface area contributed by atoms with E-state index in [2.05, 4.69) is 18.2 Å². The lowest BCUT2D eigenvalue weighted by molar-refractivity contribution is -0.119. The van der Waals surface area contributed by atoms with Crippen molar-refractivity contribution in [2.75, 3.05) is 7.11 Å². The van der Waals surface area contributed by atoms with Crippen molar-refractivity contribution in [3.63, 3.8) is 0 Å². The first-order valence-electron chi connectivity index (χ1n) is 7.83. The lowest BCUT2D eigenvalue weighted by atomic mass is 9.94. The van der Waals surface area contributed by atoms with Gasteiger partial charge in [0.05, 0.1) is 7.11 Å². The van der Waals surface area contributed by atoms with E-state index in [1.54, 1.807) is 7.11 Å². The molecule has 0 saturated heterocycles. The lowest BCUT2D eigenvalue weighted by Gasteiger charge is -2.10. The zero-order valence-electron chi connectivity index (χ0n) is 12.6. The van der Waals surface area contributed by atoms with E-state index in [4.69, 9.17) is 4.74 Å². The topological polar surface area (TPSA) is 26.3 Å². The number of carbonyl (C=O) groups excluding carboxylic acids is 1. The summed E-state index contributed by atoms with van der Waals surface area (Å²) in [6.45, 7) is 0. The van der Waals surface area contributed by atoms with Gasteiger partial charge in [-0.2, -0.15) is 0 Å². The van der Waals surface area contributed by atoms with Gasteiger partial charge in [0.2, 0.25) is 0 Å². The minimum Gasteiger partial charge on any atom is -0.497 e. The summed E-state index contributed by atoms with van der Waals surface area (Å²) < 4.78 is 5.30. The van der Waals surface area contributed by atoms with Crippen LogP contribution in [-0.2, 0) is 11.2 Å². The van der Waals surface area contributed by atoms with Crippen LogP contribution in [-0.4, -0.2) is 12.9 Å². The second-order valence-electron chi connectivity index (χ2n) is 6.07. The van der Waals surface area contributed by atoms with Gasteiger partial charge in [-0.05, 0) is 34.4 Å². The van der Waals surface area contributed by atoms with Gasteiger partial charge in [0.25, 0.3) is 0 Å². The maximum Gasteiger partial charge on any atom is 0.137 e. The van der Waals surface area contributed by atoms with Gasteiger partial charge in [0.1, 0.15) is 11.5 Å². The molecule has 2 aromatic carbocycles. The van der Waals surface area contributed by atoms with E-state index in [1.165, 1.54) is 31.1 Å². The van der Waals surface area contributed by atoms with Crippen molar-refractivity contribution >= 4 is 16.6 Å². The van der Waals surface area contributed by atoms with E-state index >= 15 is 0 Å². The fraction of sp³-hybridized carbons (Fsp3) is 0.421. The molecule has 0 amide bonds. The molecule has 110 valence electrons. The number of ketones is 1. The molecule has 0 aromatic heterocycles. The number of Topliss-reactive ketones (excluding diaryl/α,β-unsaturated/α-hetero) is 1. The Morgan fingerprint density at radius 1 is 1.19 bits per heavy atom. The Kier molecular flexibility index (Phi) is 4.23. The summed E-state index contributed by atoms with van der Waals surface area (Å²) in [5.74, 6) is 1.84. The van der Waals surface area contributed by atoms with Crippen molar-refractivity contribution in [1.82, 2.24) is 0 Å². The maximum absolute atomic E-state index is 12.3. The monoisotopic (exact) mass is 282 g/mol. The van der Waals surface area contributed by atoms with Gasteiger partial charge >= 0.3 is 0 Å². The summed E-state index contributed by atoms with van der Waals surface area (Å²) in [4.78, 5) is 12.3. The van der Waals surface area contributed by atoms with Crippen LogP contribution in [0.25, 0.3) is 10.8 Å². The van der Waals surface area contributed by atoms with E-state index < -0.39 is 0 Å². The molecule has 1 aliphatic carbocycles. The fourth-order valence-electron chi connectivity index (χ4n) is 3.42. The number of benzene rings is 2. The molecule has 2 nitrogen and oxygen atoms in total. The summed E-state index contributed by atoms with van der Waals surface area (Å²) in [7, 11) is 1.68. The zero-order valence-corrected chi connectivity index (χ0v) is 12.6. The van der Waals surface area contributed by atoms with Crippen LogP contribution in [0.3, 0.4) is 0 Å². The van der Waals surface area contributed by atoms with Crippen molar-refractivity contribution in [2.24, 2.45) is 5.92 Å². The number of rotatable bonds is 5. The molecule has 0 unspecified atom stereocenters. The largest absolute Gasteiger partial charge is 0.497 e. The Bertz CT molecular complexity index is 639. The molecule has 0 aliphatic heterocycles. The van der Waals surface area contributed by atoms with Crippen LogP contribution in [0.15, 0.2) is 36.4 Å². The third-order valence-electron chi connectivity index (χ3n) is 4.56. The average Bonchev–Trinajstić information content (AvgIpc) is 3.00. The van der Waals surface area contributed by atoms with Gasteiger partial charge in [-0.25, -0.2) is 0 Å². The van der Waals surface area contributed by atoms with Crippen LogP contribution in [0.1, 0.15) is 37.7 Å². The summed E-state index contributed by atoms with van der Waals surface area (Å²) in [5.41, 5.74) is 1.12. The lowest BCUT2D eigenvalue weighted by Crippen LogP contribution is -2.08. The van der Waals surface area contributed by atoms with Crippen LogP contribution in [0.4, 0.5) is 0 Å². The van der Waals surface area contributed by atoms with Crippen LogP contribution in [0, 0.1) is 5.92 Å². The minimum atomic E-state index is 0.372. The quantitative estimate of drug-likeness (QED) is 0.804. The normalized spacial score (nSPS) is 15.5. The van der Waals surface area contributed by atoms with E-state index in [0.29, 0.717) is 18.1 Å². The van der Waals surface area contributed by atoms with Crippen molar-refractivity contribution in [3.8, 4) is 5.75 Å². The number of hydrogen-bond donors (Lipinski definition) is 0. The number of hydrogen-bond acceptors (Lipinski definition) is 2. The molecule has 0 heterocycles. The van der Waals surface area contributed by atoms with E-state index in [0.717, 1.165) is 23.1 Å². The molecule has 0 radical (unpaired) electrons. The molecular formula is C19H22O2. The maximum atomic E-state index is 12.3. The molecule has 21 heavy (non-hydrogen) atoms. The Morgan fingerprint density at radius 2 is 2.00 bits per heavy atom. The molecule has 3 rings (SSSR count). The highest BCUT2D eigenvalue weighted by Crippen LogP contribution is 2.29. The number of fused-ring (bicyclic) bond motifs is 1. The van der Waals surface area contributed by atoms with Crippen LogP contribution in [0.2, 0.25) is 0 Å². The molecule has 1 aliphatic rings. The molecule has 1 fully saturated rings. The number of ether oxygens (including phenoxy) is 1. The third kappa shape index (κ3) is 3.26. The molecule has 2 aromatic rings. The molecule has 2 heteroatoms. The highest BCUT2D eigenvalue weighted by atomic mass is 16.5. The molecule has 1 saturated carbocycles. The number of carbonyl (C=O) groups is 1. The van der Waals surface area contributed by atoms with Gasteiger partial charge in [-0.3, -0.25) is 4.79 Å². The SMILES string of the molecule is COc1ccc2cccc(CC(=O)CC3CCCC3)c2c1. The summed E-state index contributed by atoms with van der Waals surface area (Å²) in [6, 6.07) is 12.2. The zero-order chi connectivity index (χ0) is 14.7. The van der Waals surface area contributed by atoms with Crippen molar-refractivity contribution < 1.29 is 9.53 Å². The Hall–Kier alpha value is -1.83. The van der Waals surface area contributed by atoms with Gasteiger partial charge < -0.3 is 4.74 Å². The predicted molar refractivity (Wildman–Crippen MR) is 85.8 cm³/mol. The van der Waals surface area contributed by atoms with Gasteiger partial charge in [-0.15, -0.1) is 0 Å². The third-order valence-corrected chi connectivity index (χ3v) is 4.56. The highest BCUT2D eigenvalue weighted by Gasteiger charge is 2.19. The first kappa shape index (κ1) is 14.1. The second kappa shape index (κ2) is 6.30. The van der Waals surface area contributed by atoms with Crippen LogP contribution >= 0.6 is 0 Å². The van der Waals surface area contributed by atoms with E-state index in [-0.39, 0.29) is 0 Å². The molecule has 0 atom stereocenters. The standard InChI is InChI=1S/C19H22O2/c1-21-18-10-9-15-7-4-8-16(19(15)13-18)12-17(20)11-14-5-2-3-6-14/h4,7-10,13-14H,2-3,5-6,11-12H2,1H3. The van der Waals surface area contributed by atoms with Crippen LogP contribution < -0.4 is 4.74 Å². The van der Waals surface area contributed by atoms with Crippen molar-refractivity contribution in [3.05, 3.63) is 42.0 Å². The van der Waals surface area contributed by atoms with E-state index in [9.17, 15) is 4.79 Å². The Morgan fingerprint density at radius 3 is 2.76 bits per heavy atom. The summed E-state index contributed by atoms with van der Waals surface area (Å²) >= 11 is 0. The van der Waals surface area contributed by atoms with Gasteiger partial charge in [-0.1, -0.05) is 49.9 Å². The number of methoxy groups -OCH3 is 1. The van der Waals surface area contributed by atoms with Gasteiger partial charge in [0, 0.05) is 12.8 Å². The fourth-order valence-corrected chi connectivity index (χ4v) is 3.42. The van der Waals surface area contributed by atoms with Crippen molar-refractivity contribution in [1.29, 1.82) is 0 Å². The van der Waals surface area contributed by atoms with Crippen LogP contribution in [0.5, 0.6) is 5.75 Å². The first-order valence-corrected chi connectivity index (χ1v) is 7.83. The van der Waals surface area contributed by atoms with E-state index in [1.807, 2.05) is 18.2 Å². The first-order chi connectivity index (χ1) is 10.3. The molecule has 0 spiro atoms. The van der Waals surface area contributed by atoms with Crippen molar-refractivity contribution in [2.45, 2.75) is 38.5 Å². The van der Waals surface area contributed by atoms with Gasteiger partial charge in [0.15, 0.2) is 0 Å². The molecule has 0 N–H and O–H groups in total. The summed E-state index contributed by atoms with van der Waals surface area (Å²) in [6.07, 6.45) is 6.35. The second-order valence-corrected chi connectivity index (χ2v) is 6.07. The average molecular weight is 282 g/mol. The molecular weight excluding hydrogens is 260 g/mol. The smallest absolute Gasteiger partial charge is 0.137 e. The highest BCUT2D eigenvalue weighted by molar-refractivity contribution is 5.91. The Labute approximate surface area is 126 Å². The predicted octanol–water partition coefficient (Wildman–Crippen LogP) is 4.54. The molecule has 0 bridgehead atoms. The Balaban J connectivity index is 1.80. The summed E-state index contributed by atoms with van der Waals surface area (Å²) in [5, 5.41) is 2.30. The minimum absolute atomic E-state index is 0.372.